The van der Waals surface area contributed by atoms with Crippen LogP contribution in [0.2, 0.25) is 0 Å². The maximum Gasteiger partial charge on any atom is 0.306 e. The van der Waals surface area contributed by atoms with Gasteiger partial charge in [-0.15, -0.1) is 0 Å². The topological polar surface area (TPSA) is 66.4 Å². The minimum absolute atomic E-state index is 0.0314. The van der Waals surface area contributed by atoms with Crippen LogP contribution in [0.5, 0.6) is 0 Å². The Bertz CT molecular complexity index is 563. The second-order valence-corrected chi connectivity index (χ2v) is 7.06. The molecule has 4 nitrogen and oxygen atoms in total. The summed E-state index contributed by atoms with van der Waals surface area (Å²) in [5.41, 5.74) is 2.43. The normalized spacial score (nSPS) is 26.2. The number of nitrogens with one attached hydrogen (secondary N) is 1. The molecule has 3 rings (SSSR count). The van der Waals surface area contributed by atoms with Crippen LogP contribution in [0.15, 0.2) is 24.3 Å². The van der Waals surface area contributed by atoms with Crippen LogP contribution in [0.4, 0.5) is 0 Å². The van der Waals surface area contributed by atoms with Gasteiger partial charge in [-0.05, 0) is 56.6 Å². The SMILES string of the molecule is CC1(NC(=O)C2CCC(C(=O)O)CC2)Cc2ccccc2C1. The third-order valence-corrected chi connectivity index (χ3v) is 5.15. The zero-order chi connectivity index (χ0) is 15.7. The van der Waals surface area contributed by atoms with Crippen molar-refractivity contribution < 1.29 is 14.7 Å². The number of hydrogen-bond acceptors (Lipinski definition) is 2. The Morgan fingerprint density at radius 3 is 2.05 bits per heavy atom. The Hall–Kier alpha value is -1.84. The molecule has 0 aromatic heterocycles. The molecule has 22 heavy (non-hydrogen) atoms. The number of carbonyl (C=O) groups is 2. The highest BCUT2D eigenvalue weighted by Crippen LogP contribution is 2.32. The molecule has 0 bridgehead atoms. The minimum Gasteiger partial charge on any atom is -0.481 e. The van der Waals surface area contributed by atoms with E-state index in [1.807, 2.05) is 12.1 Å². The van der Waals surface area contributed by atoms with E-state index in [1.54, 1.807) is 0 Å². The zero-order valence-corrected chi connectivity index (χ0v) is 13.0. The van der Waals surface area contributed by atoms with Crippen molar-refractivity contribution in [3.8, 4) is 0 Å². The van der Waals surface area contributed by atoms with Gasteiger partial charge in [0.1, 0.15) is 0 Å². The zero-order valence-electron chi connectivity index (χ0n) is 13.0. The number of amides is 1. The number of fused-ring (bicyclic) bond motifs is 1. The summed E-state index contributed by atoms with van der Waals surface area (Å²) in [7, 11) is 0. The number of rotatable bonds is 3. The van der Waals surface area contributed by atoms with Gasteiger partial charge in [0, 0.05) is 11.5 Å². The van der Waals surface area contributed by atoms with Crippen molar-refractivity contribution in [2.45, 2.75) is 51.0 Å². The van der Waals surface area contributed by atoms with E-state index in [2.05, 4.69) is 24.4 Å². The molecule has 4 heteroatoms. The second-order valence-electron chi connectivity index (χ2n) is 7.06. The third kappa shape index (κ3) is 3.01. The van der Waals surface area contributed by atoms with E-state index in [0.717, 1.165) is 12.8 Å². The molecule has 0 aliphatic heterocycles. The van der Waals surface area contributed by atoms with Gasteiger partial charge in [-0.25, -0.2) is 0 Å². The van der Waals surface area contributed by atoms with E-state index in [0.29, 0.717) is 25.7 Å². The largest absolute Gasteiger partial charge is 0.481 e. The highest BCUT2D eigenvalue weighted by Gasteiger charge is 2.37. The average Bonchev–Trinajstić information content (AvgIpc) is 2.82. The van der Waals surface area contributed by atoms with Gasteiger partial charge in [0.25, 0.3) is 0 Å². The van der Waals surface area contributed by atoms with Crippen LogP contribution in [0.3, 0.4) is 0 Å². The summed E-state index contributed by atoms with van der Waals surface area (Å²) in [6.07, 6.45) is 4.35. The number of carbonyl (C=O) groups excluding carboxylic acids is 1. The van der Waals surface area contributed by atoms with Crippen molar-refractivity contribution in [3.63, 3.8) is 0 Å². The van der Waals surface area contributed by atoms with E-state index >= 15 is 0 Å². The standard InChI is InChI=1S/C18H23NO3/c1-18(10-14-4-2-3-5-15(14)11-18)19-16(20)12-6-8-13(9-7-12)17(21)22/h2-5,12-13H,6-11H2,1H3,(H,19,20)(H,21,22). The summed E-state index contributed by atoms with van der Waals surface area (Å²) in [6, 6.07) is 8.34. The van der Waals surface area contributed by atoms with E-state index < -0.39 is 5.97 Å². The first-order chi connectivity index (χ1) is 10.5. The maximum absolute atomic E-state index is 12.5. The third-order valence-electron chi connectivity index (χ3n) is 5.15. The number of benzene rings is 1. The molecule has 118 valence electrons. The first kappa shape index (κ1) is 15.1. The van der Waals surface area contributed by atoms with Crippen molar-refractivity contribution in [3.05, 3.63) is 35.4 Å². The van der Waals surface area contributed by atoms with Crippen molar-refractivity contribution in [1.82, 2.24) is 5.32 Å². The molecule has 2 N–H and O–H groups in total. The fourth-order valence-electron chi connectivity index (χ4n) is 3.90. The van der Waals surface area contributed by atoms with Gasteiger partial charge in [0.15, 0.2) is 0 Å². The van der Waals surface area contributed by atoms with Gasteiger partial charge >= 0.3 is 5.97 Å². The molecule has 1 saturated carbocycles. The van der Waals surface area contributed by atoms with E-state index in [9.17, 15) is 9.59 Å². The number of hydrogen-bond donors (Lipinski definition) is 2. The van der Waals surface area contributed by atoms with Gasteiger partial charge in [-0.3, -0.25) is 9.59 Å². The van der Waals surface area contributed by atoms with Crippen molar-refractivity contribution in [2.24, 2.45) is 11.8 Å². The summed E-state index contributed by atoms with van der Waals surface area (Å²) in [5, 5.41) is 12.3. The predicted octanol–water partition coefficient (Wildman–Crippen LogP) is 2.55. The van der Waals surface area contributed by atoms with E-state index in [-0.39, 0.29) is 23.3 Å². The fraction of sp³-hybridized carbons (Fsp3) is 0.556. The van der Waals surface area contributed by atoms with Crippen LogP contribution in [0.25, 0.3) is 0 Å². The minimum atomic E-state index is -0.725. The van der Waals surface area contributed by atoms with Gasteiger partial charge in [0.2, 0.25) is 5.91 Å². The van der Waals surface area contributed by atoms with Gasteiger partial charge in [-0.1, -0.05) is 24.3 Å². The van der Waals surface area contributed by atoms with Crippen LogP contribution in [-0.2, 0) is 22.4 Å². The molecule has 1 aromatic carbocycles. The number of aliphatic carboxylic acids is 1. The molecule has 0 radical (unpaired) electrons. The monoisotopic (exact) mass is 301 g/mol. The van der Waals surface area contributed by atoms with Crippen molar-refractivity contribution in [1.29, 1.82) is 0 Å². The Balaban J connectivity index is 1.58. The van der Waals surface area contributed by atoms with Crippen LogP contribution in [0.1, 0.15) is 43.7 Å². The van der Waals surface area contributed by atoms with Crippen LogP contribution in [0, 0.1) is 11.8 Å². The second kappa shape index (κ2) is 5.75. The lowest BCUT2D eigenvalue weighted by Crippen LogP contribution is -2.49. The van der Waals surface area contributed by atoms with Crippen LogP contribution in [-0.4, -0.2) is 22.5 Å². The molecule has 1 aromatic rings. The first-order valence-electron chi connectivity index (χ1n) is 8.08. The molecule has 0 unspecified atom stereocenters. The van der Waals surface area contributed by atoms with Gasteiger partial charge in [0.05, 0.1) is 5.92 Å². The molecule has 0 heterocycles. The van der Waals surface area contributed by atoms with E-state index in [1.165, 1.54) is 11.1 Å². The Labute approximate surface area is 130 Å². The lowest BCUT2D eigenvalue weighted by molar-refractivity contribution is -0.144. The van der Waals surface area contributed by atoms with Crippen molar-refractivity contribution in [2.75, 3.05) is 0 Å². The molecule has 0 spiro atoms. The number of carboxylic acids is 1. The molecule has 2 aliphatic rings. The molecule has 1 fully saturated rings. The predicted molar refractivity (Wildman–Crippen MR) is 83.5 cm³/mol. The molecule has 1 amide bonds. The summed E-state index contributed by atoms with van der Waals surface area (Å²) < 4.78 is 0. The van der Waals surface area contributed by atoms with Gasteiger partial charge in [-0.2, -0.15) is 0 Å². The lowest BCUT2D eigenvalue weighted by Gasteiger charge is -2.31. The smallest absolute Gasteiger partial charge is 0.306 e. The Morgan fingerprint density at radius 1 is 1.05 bits per heavy atom. The molecular weight excluding hydrogens is 278 g/mol. The molecule has 0 saturated heterocycles. The van der Waals surface area contributed by atoms with Crippen LogP contribution < -0.4 is 5.32 Å². The van der Waals surface area contributed by atoms with Crippen molar-refractivity contribution >= 4 is 11.9 Å². The highest BCUT2D eigenvalue weighted by molar-refractivity contribution is 5.80. The summed E-state index contributed by atoms with van der Waals surface area (Å²) in [6.45, 7) is 2.10. The summed E-state index contributed by atoms with van der Waals surface area (Å²) in [4.78, 5) is 23.5. The van der Waals surface area contributed by atoms with Crippen LogP contribution >= 0.6 is 0 Å². The number of carboxylic acid groups (broad SMARTS) is 1. The molecule has 2 aliphatic carbocycles. The summed E-state index contributed by atoms with van der Waals surface area (Å²) in [5.74, 6) is -0.928. The molecular formula is C18H23NO3. The maximum atomic E-state index is 12.5. The average molecular weight is 301 g/mol. The van der Waals surface area contributed by atoms with Gasteiger partial charge < -0.3 is 10.4 Å². The Kier molecular flexibility index (Phi) is 3.94. The Morgan fingerprint density at radius 2 is 1.55 bits per heavy atom. The fourth-order valence-corrected chi connectivity index (χ4v) is 3.90. The highest BCUT2D eigenvalue weighted by atomic mass is 16.4. The lowest BCUT2D eigenvalue weighted by atomic mass is 9.81. The summed E-state index contributed by atoms with van der Waals surface area (Å²) >= 11 is 0. The molecule has 0 atom stereocenters. The quantitative estimate of drug-likeness (QED) is 0.901. The van der Waals surface area contributed by atoms with E-state index in [4.69, 9.17) is 5.11 Å². The first-order valence-corrected chi connectivity index (χ1v) is 8.08.